The van der Waals surface area contributed by atoms with Gasteiger partial charge in [-0.2, -0.15) is 0 Å². The molecule has 0 saturated carbocycles. The summed E-state index contributed by atoms with van der Waals surface area (Å²) in [5, 5.41) is 9.94. The molecule has 0 saturated heterocycles. The van der Waals surface area contributed by atoms with Gasteiger partial charge in [0.25, 0.3) is 0 Å². The molecule has 0 atom stereocenters. The SMILES string of the molecule is Cc1nc(-c2ccccc2)sc1-c1nnc(S)s1. The topological polar surface area (TPSA) is 38.7 Å². The highest BCUT2D eigenvalue weighted by Crippen LogP contribution is 2.36. The zero-order chi connectivity index (χ0) is 12.5. The van der Waals surface area contributed by atoms with Crippen LogP contribution in [0.15, 0.2) is 34.7 Å². The van der Waals surface area contributed by atoms with Crippen molar-refractivity contribution in [1.29, 1.82) is 0 Å². The van der Waals surface area contributed by atoms with Crippen molar-refractivity contribution in [3.63, 3.8) is 0 Å². The Hall–Kier alpha value is -1.24. The van der Waals surface area contributed by atoms with E-state index in [1.54, 1.807) is 11.3 Å². The number of nitrogens with zero attached hydrogens (tertiary/aromatic N) is 3. The summed E-state index contributed by atoms with van der Waals surface area (Å²) < 4.78 is 0.680. The van der Waals surface area contributed by atoms with Gasteiger partial charge >= 0.3 is 0 Å². The summed E-state index contributed by atoms with van der Waals surface area (Å²) in [6, 6.07) is 10.2. The Kier molecular flexibility index (Phi) is 3.15. The standard InChI is InChI=1S/C12H9N3S3/c1-7-9(11-14-15-12(16)18-11)17-10(13-7)8-5-3-2-4-6-8/h2-6H,1H3,(H,15,16). The van der Waals surface area contributed by atoms with Crippen molar-refractivity contribution >= 4 is 35.3 Å². The quantitative estimate of drug-likeness (QED) is 0.727. The molecule has 3 rings (SSSR count). The highest BCUT2D eigenvalue weighted by Gasteiger charge is 2.14. The number of hydrogen-bond acceptors (Lipinski definition) is 6. The molecule has 90 valence electrons. The van der Waals surface area contributed by atoms with Crippen LogP contribution in [0.3, 0.4) is 0 Å². The maximum Gasteiger partial charge on any atom is 0.171 e. The molecule has 0 N–H and O–H groups in total. The number of benzene rings is 1. The molecule has 0 aliphatic carbocycles. The Bertz CT molecular complexity index is 673. The van der Waals surface area contributed by atoms with Crippen molar-refractivity contribution in [1.82, 2.24) is 15.2 Å². The van der Waals surface area contributed by atoms with Gasteiger partial charge in [-0.25, -0.2) is 4.98 Å². The summed E-state index contributed by atoms with van der Waals surface area (Å²) in [6.07, 6.45) is 0. The molecular weight excluding hydrogens is 282 g/mol. The van der Waals surface area contributed by atoms with Gasteiger partial charge in [-0.15, -0.1) is 34.2 Å². The van der Waals surface area contributed by atoms with Crippen molar-refractivity contribution in [2.75, 3.05) is 0 Å². The number of thiol groups is 1. The minimum Gasteiger partial charge on any atom is -0.241 e. The van der Waals surface area contributed by atoms with Crippen LogP contribution in [0, 0.1) is 6.92 Å². The summed E-state index contributed by atoms with van der Waals surface area (Å²) in [5.74, 6) is 0. The van der Waals surface area contributed by atoms with Crippen LogP contribution in [-0.4, -0.2) is 15.2 Å². The number of thiazole rings is 1. The van der Waals surface area contributed by atoms with E-state index in [-0.39, 0.29) is 0 Å². The molecule has 3 aromatic rings. The average molecular weight is 291 g/mol. The van der Waals surface area contributed by atoms with Crippen LogP contribution in [-0.2, 0) is 0 Å². The minimum absolute atomic E-state index is 0.680. The number of rotatable bonds is 2. The van der Waals surface area contributed by atoms with Crippen molar-refractivity contribution in [2.24, 2.45) is 0 Å². The molecule has 3 nitrogen and oxygen atoms in total. The Morgan fingerprint density at radius 2 is 1.78 bits per heavy atom. The lowest BCUT2D eigenvalue weighted by molar-refractivity contribution is 1.02. The zero-order valence-electron chi connectivity index (χ0n) is 9.49. The number of hydrogen-bond donors (Lipinski definition) is 1. The second kappa shape index (κ2) is 4.79. The van der Waals surface area contributed by atoms with Crippen LogP contribution in [0.5, 0.6) is 0 Å². The van der Waals surface area contributed by atoms with E-state index in [9.17, 15) is 0 Å². The first-order valence-corrected chi connectivity index (χ1v) is 7.38. The smallest absolute Gasteiger partial charge is 0.171 e. The van der Waals surface area contributed by atoms with Crippen LogP contribution in [0.1, 0.15) is 5.69 Å². The van der Waals surface area contributed by atoms with E-state index in [2.05, 4.69) is 39.9 Å². The van der Waals surface area contributed by atoms with Crippen LogP contribution < -0.4 is 0 Å². The van der Waals surface area contributed by atoms with E-state index >= 15 is 0 Å². The second-order valence-corrected chi connectivity index (χ2v) is 6.39. The monoisotopic (exact) mass is 291 g/mol. The maximum atomic E-state index is 4.60. The second-order valence-electron chi connectivity index (χ2n) is 3.69. The summed E-state index contributed by atoms with van der Waals surface area (Å²) >= 11 is 7.31. The highest BCUT2D eigenvalue weighted by atomic mass is 32.2. The first kappa shape index (κ1) is 11.8. The molecule has 0 aliphatic heterocycles. The molecule has 0 amide bonds. The van der Waals surface area contributed by atoms with E-state index < -0.39 is 0 Å². The Morgan fingerprint density at radius 1 is 1.00 bits per heavy atom. The van der Waals surface area contributed by atoms with Crippen molar-refractivity contribution in [3.05, 3.63) is 36.0 Å². The van der Waals surface area contributed by atoms with Gasteiger partial charge < -0.3 is 0 Å². The van der Waals surface area contributed by atoms with Gasteiger partial charge in [0.05, 0.1) is 10.6 Å². The highest BCUT2D eigenvalue weighted by molar-refractivity contribution is 7.82. The van der Waals surface area contributed by atoms with Gasteiger partial charge in [-0.05, 0) is 6.92 Å². The predicted octanol–water partition coefficient (Wildman–Crippen LogP) is 3.93. The van der Waals surface area contributed by atoms with Crippen molar-refractivity contribution < 1.29 is 0 Å². The fourth-order valence-electron chi connectivity index (χ4n) is 1.61. The molecule has 0 spiro atoms. The fourth-order valence-corrected chi connectivity index (χ4v) is 3.69. The van der Waals surface area contributed by atoms with E-state index in [1.807, 2.05) is 25.1 Å². The molecule has 0 fully saturated rings. The summed E-state index contributed by atoms with van der Waals surface area (Å²) in [6.45, 7) is 2.00. The number of aromatic nitrogens is 3. The van der Waals surface area contributed by atoms with E-state index in [0.717, 1.165) is 26.1 Å². The maximum absolute atomic E-state index is 4.60. The third kappa shape index (κ3) is 2.19. The normalized spacial score (nSPS) is 10.8. The van der Waals surface area contributed by atoms with Crippen LogP contribution >= 0.6 is 35.3 Å². The van der Waals surface area contributed by atoms with Gasteiger partial charge in [-0.1, -0.05) is 41.7 Å². The van der Waals surface area contributed by atoms with Crippen LogP contribution in [0.2, 0.25) is 0 Å². The lowest BCUT2D eigenvalue weighted by Gasteiger charge is -1.92. The van der Waals surface area contributed by atoms with Crippen molar-refractivity contribution in [2.45, 2.75) is 11.3 Å². The summed E-state index contributed by atoms with van der Waals surface area (Å²) in [7, 11) is 0. The minimum atomic E-state index is 0.680. The van der Waals surface area contributed by atoms with E-state index in [4.69, 9.17) is 0 Å². The molecule has 0 aliphatic rings. The molecule has 18 heavy (non-hydrogen) atoms. The lowest BCUT2D eigenvalue weighted by Crippen LogP contribution is -1.77. The van der Waals surface area contributed by atoms with Crippen molar-refractivity contribution in [3.8, 4) is 20.5 Å². The first-order valence-electron chi connectivity index (χ1n) is 5.30. The van der Waals surface area contributed by atoms with Crippen LogP contribution in [0.4, 0.5) is 0 Å². The molecule has 6 heteroatoms. The van der Waals surface area contributed by atoms with Gasteiger partial charge in [0.15, 0.2) is 9.35 Å². The van der Waals surface area contributed by atoms with E-state index in [0.29, 0.717) is 4.34 Å². The molecular formula is C12H9N3S3. The fraction of sp³-hybridized carbons (Fsp3) is 0.0833. The first-order chi connectivity index (χ1) is 8.74. The Morgan fingerprint density at radius 3 is 2.44 bits per heavy atom. The van der Waals surface area contributed by atoms with Gasteiger partial charge in [0.1, 0.15) is 5.01 Å². The Labute approximate surface area is 118 Å². The Balaban J connectivity index is 2.06. The zero-order valence-corrected chi connectivity index (χ0v) is 12.0. The van der Waals surface area contributed by atoms with Gasteiger partial charge in [0.2, 0.25) is 0 Å². The third-order valence-corrected chi connectivity index (χ3v) is 4.87. The molecule has 2 heterocycles. The molecule has 0 unspecified atom stereocenters. The van der Waals surface area contributed by atoms with Gasteiger partial charge in [-0.3, -0.25) is 0 Å². The summed E-state index contributed by atoms with van der Waals surface area (Å²) in [5.41, 5.74) is 2.12. The average Bonchev–Trinajstić information content (AvgIpc) is 2.97. The molecule has 2 aromatic heterocycles. The largest absolute Gasteiger partial charge is 0.241 e. The molecule has 0 bridgehead atoms. The number of aryl methyl sites for hydroxylation is 1. The third-order valence-electron chi connectivity index (χ3n) is 2.43. The predicted molar refractivity (Wildman–Crippen MR) is 78.4 cm³/mol. The van der Waals surface area contributed by atoms with E-state index in [1.165, 1.54) is 11.3 Å². The van der Waals surface area contributed by atoms with Crippen LogP contribution in [0.25, 0.3) is 20.5 Å². The molecule has 1 aromatic carbocycles. The lowest BCUT2D eigenvalue weighted by atomic mass is 10.2. The van der Waals surface area contributed by atoms with Gasteiger partial charge in [0, 0.05) is 5.56 Å². The summed E-state index contributed by atoms with van der Waals surface area (Å²) in [4.78, 5) is 5.67. The molecule has 0 radical (unpaired) electrons.